The van der Waals surface area contributed by atoms with E-state index in [2.05, 4.69) is 43.4 Å². The largest absolute Gasteiger partial charge is 0.394 e. The third kappa shape index (κ3) is 3.21. The molecule has 2 aromatic heterocycles. The molecule has 3 aromatic rings. The lowest BCUT2D eigenvalue weighted by Crippen LogP contribution is -2.33. The number of nitrogens with one attached hydrogen (secondary N) is 1. The van der Waals surface area contributed by atoms with Crippen LogP contribution < -0.4 is 10.2 Å². The summed E-state index contributed by atoms with van der Waals surface area (Å²) >= 11 is 3.53. The van der Waals surface area contributed by atoms with Crippen LogP contribution in [0.3, 0.4) is 0 Å². The van der Waals surface area contributed by atoms with Crippen molar-refractivity contribution >= 4 is 33.2 Å². The molecule has 0 bridgehead atoms. The normalized spacial score (nSPS) is 17.4. The number of aromatic nitrogens is 3. The van der Waals surface area contributed by atoms with Crippen LogP contribution in [0.15, 0.2) is 47.1 Å². The lowest BCUT2D eigenvalue weighted by atomic mass is 10.2. The Balaban J connectivity index is 1.69. The zero-order valence-corrected chi connectivity index (χ0v) is 15.4. The lowest BCUT2D eigenvalue weighted by Gasteiger charge is -2.25. The van der Waals surface area contributed by atoms with Crippen molar-refractivity contribution in [1.82, 2.24) is 14.6 Å². The standard InChI is InChI=1S/C18H20BrN5O/c19-15-11-21-24-16(20-10-13-5-2-1-3-6-13)9-17(22-18(15)24)23-8-4-7-14(23)12-25/h1-3,5-6,9,11,14,20,25H,4,7-8,10,12H2. The van der Waals surface area contributed by atoms with E-state index in [1.165, 1.54) is 5.56 Å². The number of hydrogen-bond donors (Lipinski definition) is 2. The SMILES string of the molecule is OCC1CCCN1c1cc(NCc2ccccc2)n2ncc(Br)c2n1. The molecule has 0 spiro atoms. The molecule has 0 aliphatic carbocycles. The summed E-state index contributed by atoms with van der Waals surface area (Å²) in [5, 5.41) is 17.5. The summed E-state index contributed by atoms with van der Waals surface area (Å²) in [4.78, 5) is 6.95. The lowest BCUT2D eigenvalue weighted by molar-refractivity contribution is 0.266. The first kappa shape index (κ1) is 16.4. The molecule has 130 valence electrons. The molecule has 1 saturated heterocycles. The molecule has 1 aromatic carbocycles. The molecule has 2 N–H and O–H groups in total. The van der Waals surface area contributed by atoms with Gasteiger partial charge < -0.3 is 15.3 Å². The van der Waals surface area contributed by atoms with Gasteiger partial charge in [0, 0.05) is 19.2 Å². The summed E-state index contributed by atoms with van der Waals surface area (Å²) in [5.74, 6) is 1.76. The highest BCUT2D eigenvalue weighted by molar-refractivity contribution is 9.10. The molecule has 1 aliphatic heterocycles. The van der Waals surface area contributed by atoms with Gasteiger partial charge in [0.1, 0.15) is 11.6 Å². The average Bonchev–Trinajstić information content (AvgIpc) is 3.27. The van der Waals surface area contributed by atoms with Crippen LogP contribution in [0.25, 0.3) is 5.65 Å². The van der Waals surface area contributed by atoms with Gasteiger partial charge in [-0.25, -0.2) is 4.98 Å². The second-order valence-electron chi connectivity index (χ2n) is 6.24. The molecule has 3 heterocycles. The van der Waals surface area contributed by atoms with Crippen molar-refractivity contribution in [3.8, 4) is 0 Å². The van der Waals surface area contributed by atoms with Crippen LogP contribution in [0, 0.1) is 0 Å². The van der Waals surface area contributed by atoms with Crippen LogP contribution in [0.1, 0.15) is 18.4 Å². The van der Waals surface area contributed by atoms with Crippen molar-refractivity contribution in [1.29, 1.82) is 0 Å². The number of nitrogens with zero attached hydrogens (tertiary/aromatic N) is 4. The third-order valence-corrected chi connectivity index (χ3v) is 5.17. The molecule has 1 aliphatic rings. The molecule has 7 heteroatoms. The van der Waals surface area contributed by atoms with Crippen molar-refractivity contribution in [2.45, 2.75) is 25.4 Å². The fraction of sp³-hybridized carbons (Fsp3) is 0.333. The maximum atomic E-state index is 9.64. The van der Waals surface area contributed by atoms with Crippen LogP contribution in [-0.4, -0.2) is 38.9 Å². The Hall–Kier alpha value is -2.12. The van der Waals surface area contributed by atoms with Gasteiger partial charge in [-0.3, -0.25) is 0 Å². The summed E-state index contributed by atoms with van der Waals surface area (Å²) < 4.78 is 2.66. The highest BCUT2D eigenvalue weighted by atomic mass is 79.9. The second-order valence-corrected chi connectivity index (χ2v) is 7.09. The Morgan fingerprint density at radius 1 is 1.28 bits per heavy atom. The minimum Gasteiger partial charge on any atom is -0.394 e. The minimum absolute atomic E-state index is 0.138. The second kappa shape index (κ2) is 7.01. The molecule has 0 saturated carbocycles. The monoisotopic (exact) mass is 401 g/mol. The highest BCUT2D eigenvalue weighted by Crippen LogP contribution is 2.29. The zero-order valence-electron chi connectivity index (χ0n) is 13.8. The van der Waals surface area contributed by atoms with E-state index < -0.39 is 0 Å². The number of halogens is 1. The van der Waals surface area contributed by atoms with Crippen molar-refractivity contribution in [2.24, 2.45) is 0 Å². The number of anilines is 2. The van der Waals surface area contributed by atoms with Gasteiger partial charge in [0.15, 0.2) is 5.65 Å². The van der Waals surface area contributed by atoms with Gasteiger partial charge in [-0.2, -0.15) is 9.61 Å². The molecule has 1 fully saturated rings. The van der Waals surface area contributed by atoms with E-state index in [1.807, 2.05) is 24.3 Å². The van der Waals surface area contributed by atoms with Gasteiger partial charge in [0.25, 0.3) is 0 Å². The first-order valence-corrected chi connectivity index (χ1v) is 9.25. The number of aliphatic hydroxyl groups excluding tert-OH is 1. The van der Waals surface area contributed by atoms with Crippen LogP contribution >= 0.6 is 15.9 Å². The Kier molecular flexibility index (Phi) is 4.59. The maximum Gasteiger partial charge on any atom is 0.173 e. The summed E-state index contributed by atoms with van der Waals surface area (Å²) in [7, 11) is 0. The average molecular weight is 402 g/mol. The van der Waals surface area contributed by atoms with Crippen molar-refractivity contribution in [3.63, 3.8) is 0 Å². The Morgan fingerprint density at radius 3 is 2.92 bits per heavy atom. The Morgan fingerprint density at radius 2 is 2.12 bits per heavy atom. The molecule has 6 nitrogen and oxygen atoms in total. The van der Waals surface area contributed by atoms with E-state index in [0.29, 0.717) is 6.54 Å². The number of rotatable bonds is 5. The zero-order chi connectivity index (χ0) is 17.2. The summed E-state index contributed by atoms with van der Waals surface area (Å²) in [6, 6.07) is 12.4. The van der Waals surface area contributed by atoms with Gasteiger partial charge in [-0.1, -0.05) is 30.3 Å². The van der Waals surface area contributed by atoms with Crippen molar-refractivity contribution < 1.29 is 5.11 Å². The predicted molar refractivity (Wildman–Crippen MR) is 102 cm³/mol. The number of aliphatic hydroxyl groups is 1. The number of hydrogen-bond acceptors (Lipinski definition) is 5. The maximum absolute atomic E-state index is 9.64. The molecular formula is C18H20BrN5O. The molecule has 0 amide bonds. The van der Waals surface area contributed by atoms with E-state index >= 15 is 0 Å². The quantitative estimate of drug-likeness (QED) is 0.687. The number of benzene rings is 1. The summed E-state index contributed by atoms with van der Waals surface area (Å²) in [6.45, 7) is 1.78. The summed E-state index contributed by atoms with van der Waals surface area (Å²) in [6.07, 6.45) is 3.83. The third-order valence-electron chi connectivity index (χ3n) is 4.61. The molecule has 1 atom stereocenters. The van der Waals surface area contributed by atoms with Crippen LogP contribution in [-0.2, 0) is 6.54 Å². The molecule has 0 radical (unpaired) electrons. The fourth-order valence-electron chi connectivity index (χ4n) is 3.31. The first-order chi connectivity index (χ1) is 12.3. The minimum atomic E-state index is 0.138. The number of fused-ring (bicyclic) bond motifs is 1. The molecule has 1 unspecified atom stereocenters. The fourth-order valence-corrected chi connectivity index (χ4v) is 3.66. The predicted octanol–water partition coefficient (Wildman–Crippen LogP) is 3.07. The van der Waals surface area contributed by atoms with Crippen molar-refractivity contribution in [3.05, 3.63) is 52.6 Å². The smallest absolute Gasteiger partial charge is 0.173 e. The molecule has 25 heavy (non-hydrogen) atoms. The molecular weight excluding hydrogens is 382 g/mol. The topological polar surface area (TPSA) is 65.7 Å². The van der Waals surface area contributed by atoms with E-state index in [1.54, 1.807) is 10.7 Å². The van der Waals surface area contributed by atoms with Gasteiger partial charge in [0.05, 0.1) is 23.3 Å². The van der Waals surface area contributed by atoms with Crippen molar-refractivity contribution in [2.75, 3.05) is 23.4 Å². The Bertz CT molecular complexity index is 867. The van der Waals surface area contributed by atoms with Crippen LogP contribution in [0.5, 0.6) is 0 Å². The van der Waals surface area contributed by atoms with Gasteiger partial charge >= 0.3 is 0 Å². The summed E-state index contributed by atoms with van der Waals surface area (Å²) in [5.41, 5.74) is 1.98. The van der Waals surface area contributed by atoms with Gasteiger partial charge in [-0.15, -0.1) is 0 Å². The van der Waals surface area contributed by atoms with Gasteiger partial charge in [-0.05, 0) is 34.3 Å². The van der Waals surface area contributed by atoms with E-state index in [4.69, 9.17) is 4.98 Å². The highest BCUT2D eigenvalue weighted by Gasteiger charge is 2.26. The van der Waals surface area contributed by atoms with Crippen LogP contribution in [0.2, 0.25) is 0 Å². The van der Waals surface area contributed by atoms with E-state index in [-0.39, 0.29) is 12.6 Å². The van der Waals surface area contributed by atoms with E-state index in [9.17, 15) is 5.11 Å². The van der Waals surface area contributed by atoms with Gasteiger partial charge in [0.2, 0.25) is 0 Å². The molecule has 4 rings (SSSR count). The van der Waals surface area contributed by atoms with E-state index in [0.717, 1.165) is 41.1 Å². The Labute approximate surface area is 154 Å². The first-order valence-electron chi connectivity index (χ1n) is 8.46. The van der Waals surface area contributed by atoms with Crippen LogP contribution in [0.4, 0.5) is 11.6 Å².